The first-order valence-electron chi connectivity index (χ1n) is 8.92. The number of aromatic nitrogens is 3. The molecule has 1 aliphatic rings. The number of hydrogen-bond donors (Lipinski definition) is 0. The smallest absolute Gasteiger partial charge is 0.211 e. The van der Waals surface area contributed by atoms with E-state index in [0.717, 1.165) is 50.5 Å². The summed E-state index contributed by atoms with van der Waals surface area (Å²) < 4.78 is 1.97. The van der Waals surface area contributed by atoms with Gasteiger partial charge in [-0.2, -0.15) is 5.10 Å². The van der Waals surface area contributed by atoms with Gasteiger partial charge >= 0.3 is 0 Å². The summed E-state index contributed by atoms with van der Waals surface area (Å²) in [4.78, 5) is 4.81. The van der Waals surface area contributed by atoms with Gasteiger partial charge in [-0.25, -0.2) is 9.67 Å². The van der Waals surface area contributed by atoms with Gasteiger partial charge in [-0.15, -0.1) is 11.3 Å². The van der Waals surface area contributed by atoms with Gasteiger partial charge in [0.05, 0.1) is 17.6 Å². The Balaban J connectivity index is 1.52. The summed E-state index contributed by atoms with van der Waals surface area (Å²) >= 11 is 13.6. The van der Waals surface area contributed by atoms with Crippen LogP contribution in [0.1, 0.15) is 23.2 Å². The Hall–Kier alpha value is -2.40. The molecule has 6 heteroatoms. The number of nitrogens with zero attached hydrogens (tertiary/aromatic N) is 3. The second-order valence-electron chi connectivity index (χ2n) is 6.67. The number of thiazole rings is 1. The van der Waals surface area contributed by atoms with Gasteiger partial charge in [-0.1, -0.05) is 47.5 Å². The highest BCUT2D eigenvalue weighted by Crippen LogP contribution is 2.36. The molecule has 0 radical (unpaired) electrons. The van der Waals surface area contributed by atoms with Crippen LogP contribution >= 0.6 is 34.5 Å². The van der Waals surface area contributed by atoms with Crippen molar-refractivity contribution in [2.75, 3.05) is 0 Å². The van der Waals surface area contributed by atoms with Crippen molar-refractivity contribution in [3.8, 4) is 16.4 Å². The van der Waals surface area contributed by atoms with Crippen LogP contribution in [0.3, 0.4) is 0 Å². The molecular formula is C22H15Cl2N3S. The van der Waals surface area contributed by atoms with Crippen LogP contribution in [0.4, 0.5) is 0 Å². The Bertz CT molecular complexity index is 1170. The number of hydrogen-bond acceptors (Lipinski definition) is 3. The van der Waals surface area contributed by atoms with E-state index in [4.69, 9.17) is 28.2 Å². The van der Waals surface area contributed by atoms with Crippen molar-refractivity contribution in [1.82, 2.24) is 14.8 Å². The van der Waals surface area contributed by atoms with E-state index in [-0.39, 0.29) is 0 Å². The zero-order valence-corrected chi connectivity index (χ0v) is 17.1. The molecule has 0 saturated heterocycles. The van der Waals surface area contributed by atoms with Crippen LogP contribution in [-0.2, 0) is 6.42 Å². The van der Waals surface area contributed by atoms with E-state index in [1.54, 1.807) is 11.3 Å². The van der Waals surface area contributed by atoms with E-state index >= 15 is 0 Å². The second kappa shape index (κ2) is 7.21. The Morgan fingerprint density at radius 3 is 2.39 bits per heavy atom. The van der Waals surface area contributed by atoms with Crippen molar-refractivity contribution in [1.29, 1.82) is 0 Å². The molecule has 0 bridgehead atoms. The highest BCUT2D eigenvalue weighted by Gasteiger charge is 2.24. The zero-order valence-electron chi connectivity index (χ0n) is 14.8. The van der Waals surface area contributed by atoms with Gasteiger partial charge in [0.1, 0.15) is 0 Å². The molecular weight excluding hydrogens is 409 g/mol. The zero-order chi connectivity index (χ0) is 19.1. The minimum Gasteiger partial charge on any atom is -0.218 e. The molecule has 2 aromatic heterocycles. The van der Waals surface area contributed by atoms with Crippen LogP contribution in [0.5, 0.6) is 0 Å². The average Bonchev–Trinajstić information content (AvgIpc) is 3.42. The lowest BCUT2D eigenvalue weighted by molar-refractivity contribution is 0.855. The summed E-state index contributed by atoms with van der Waals surface area (Å²) in [6.45, 7) is 0. The van der Waals surface area contributed by atoms with Crippen molar-refractivity contribution in [3.63, 3.8) is 0 Å². The van der Waals surface area contributed by atoms with E-state index in [1.807, 2.05) is 59.4 Å². The van der Waals surface area contributed by atoms with Crippen molar-refractivity contribution < 1.29 is 0 Å². The minimum absolute atomic E-state index is 0.723. The topological polar surface area (TPSA) is 30.7 Å². The molecule has 28 heavy (non-hydrogen) atoms. The quantitative estimate of drug-likeness (QED) is 0.363. The van der Waals surface area contributed by atoms with Gasteiger partial charge in [0.15, 0.2) is 0 Å². The molecule has 0 amide bonds. The van der Waals surface area contributed by atoms with E-state index in [1.165, 1.54) is 11.1 Å². The molecule has 0 N–H and O–H groups in total. The molecule has 0 spiro atoms. The van der Waals surface area contributed by atoms with Gasteiger partial charge in [0.25, 0.3) is 0 Å². The SMILES string of the molecule is Clc1ccc(C=C2CCc3cnn(-c4nc(-c5ccc(Cl)cc5)cs4)c32)cc1. The van der Waals surface area contributed by atoms with Gasteiger partial charge in [0.2, 0.25) is 5.13 Å². The molecule has 1 aliphatic carbocycles. The fraction of sp³-hybridized carbons (Fsp3) is 0.0909. The number of benzene rings is 2. The van der Waals surface area contributed by atoms with Crippen LogP contribution < -0.4 is 0 Å². The highest BCUT2D eigenvalue weighted by atomic mass is 35.5. The lowest BCUT2D eigenvalue weighted by Gasteiger charge is -2.05. The van der Waals surface area contributed by atoms with Crippen LogP contribution in [0, 0.1) is 0 Å². The van der Waals surface area contributed by atoms with E-state index in [9.17, 15) is 0 Å². The molecule has 2 heterocycles. The first-order chi connectivity index (χ1) is 13.7. The highest BCUT2D eigenvalue weighted by molar-refractivity contribution is 7.12. The molecule has 4 aromatic rings. The Labute approximate surface area is 176 Å². The van der Waals surface area contributed by atoms with Gasteiger partial charge < -0.3 is 0 Å². The first-order valence-corrected chi connectivity index (χ1v) is 10.6. The predicted octanol–water partition coefficient (Wildman–Crippen LogP) is 6.79. The first kappa shape index (κ1) is 17.7. The molecule has 138 valence electrons. The predicted molar refractivity (Wildman–Crippen MR) is 117 cm³/mol. The largest absolute Gasteiger partial charge is 0.218 e. The van der Waals surface area contributed by atoms with Crippen molar-refractivity contribution in [2.24, 2.45) is 0 Å². The number of rotatable bonds is 3. The van der Waals surface area contributed by atoms with Gasteiger partial charge in [0, 0.05) is 21.0 Å². The average molecular weight is 424 g/mol. The summed E-state index contributed by atoms with van der Waals surface area (Å²) in [7, 11) is 0. The fourth-order valence-electron chi connectivity index (χ4n) is 3.46. The molecule has 3 nitrogen and oxygen atoms in total. The van der Waals surface area contributed by atoms with Crippen molar-refractivity contribution >= 4 is 46.2 Å². The van der Waals surface area contributed by atoms with Crippen molar-refractivity contribution in [2.45, 2.75) is 12.8 Å². The summed E-state index contributed by atoms with van der Waals surface area (Å²) in [6, 6.07) is 15.6. The minimum atomic E-state index is 0.723. The van der Waals surface area contributed by atoms with Crippen LogP contribution in [0.25, 0.3) is 28.0 Å². The summed E-state index contributed by atoms with van der Waals surface area (Å²) in [5.41, 5.74) is 6.82. The normalized spacial score (nSPS) is 14.6. The van der Waals surface area contributed by atoms with E-state index in [2.05, 4.69) is 16.6 Å². The Kier molecular flexibility index (Phi) is 4.55. The molecule has 0 unspecified atom stereocenters. The standard InChI is InChI=1S/C22H15Cl2N3S/c23-18-7-1-14(2-8-18)11-16-3-4-17-12-25-27(21(16)17)22-26-20(13-28-22)15-5-9-19(24)10-6-15/h1-2,5-13H,3-4H2. The lowest BCUT2D eigenvalue weighted by Crippen LogP contribution is -2.00. The maximum absolute atomic E-state index is 6.01. The second-order valence-corrected chi connectivity index (χ2v) is 8.38. The molecule has 2 aromatic carbocycles. The monoisotopic (exact) mass is 423 g/mol. The van der Waals surface area contributed by atoms with Crippen LogP contribution in [0.2, 0.25) is 10.0 Å². The van der Waals surface area contributed by atoms with Crippen LogP contribution in [0.15, 0.2) is 60.1 Å². The summed E-state index contributed by atoms with van der Waals surface area (Å²) in [6.07, 6.45) is 6.19. The molecule has 0 aliphatic heterocycles. The molecule has 0 fully saturated rings. The fourth-order valence-corrected chi connectivity index (χ4v) is 4.50. The number of aryl methyl sites for hydroxylation is 1. The Morgan fingerprint density at radius 1 is 0.929 bits per heavy atom. The summed E-state index contributed by atoms with van der Waals surface area (Å²) in [5.74, 6) is 0. The number of halogens is 2. The maximum Gasteiger partial charge on any atom is 0.211 e. The molecule has 0 saturated carbocycles. The van der Waals surface area contributed by atoms with E-state index < -0.39 is 0 Å². The number of fused-ring (bicyclic) bond motifs is 1. The van der Waals surface area contributed by atoms with E-state index in [0.29, 0.717) is 0 Å². The third-order valence-corrected chi connectivity index (χ3v) is 6.16. The number of allylic oxidation sites excluding steroid dienone is 1. The van der Waals surface area contributed by atoms with Gasteiger partial charge in [-0.3, -0.25) is 0 Å². The molecule has 5 rings (SSSR count). The lowest BCUT2D eigenvalue weighted by atomic mass is 10.1. The molecule has 0 atom stereocenters. The van der Waals surface area contributed by atoms with Crippen molar-refractivity contribution in [3.05, 3.63) is 87.0 Å². The summed E-state index contributed by atoms with van der Waals surface area (Å²) in [5, 5.41) is 9.02. The van der Waals surface area contributed by atoms with Crippen LogP contribution in [-0.4, -0.2) is 14.8 Å². The third kappa shape index (κ3) is 3.28. The maximum atomic E-state index is 6.01. The third-order valence-electron chi connectivity index (χ3n) is 4.84. The van der Waals surface area contributed by atoms with Gasteiger partial charge in [-0.05, 0) is 59.9 Å². The Morgan fingerprint density at radius 2 is 1.64 bits per heavy atom.